The van der Waals surface area contributed by atoms with Gasteiger partial charge in [-0.15, -0.1) is 16.4 Å². The number of hydrogen-bond acceptors (Lipinski definition) is 8. The van der Waals surface area contributed by atoms with E-state index in [0.29, 0.717) is 18.7 Å². The molecule has 2 N–H and O–H groups in total. The first-order valence-electron chi connectivity index (χ1n) is 6.68. The lowest BCUT2D eigenvalue weighted by Gasteiger charge is -2.06. The van der Waals surface area contributed by atoms with Gasteiger partial charge in [0, 0.05) is 4.88 Å². The van der Waals surface area contributed by atoms with Crippen LogP contribution in [-0.2, 0) is 22.5 Å². The molecule has 3 amide bonds. The van der Waals surface area contributed by atoms with Gasteiger partial charge in [-0.05, 0) is 29.4 Å². The summed E-state index contributed by atoms with van der Waals surface area (Å²) >= 11 is 2.40. The molecule has 2 heterocycles. The van der Waals surface area contributed by atoms with Crippen molar-refractivity contribution in [1.82, 2.24) is 20.2 Å². The van der Waals surface area contributed by atoms with Gasteiger partial charge in [0.2, 0.25) is 0 Å². The van der Waals surface area contributed by atoms with Crippen LogP contribution in [0.25, 0.3) is 0 Å². The molecule has 0 saturated carbocycles. The molecule has 122 valence electrons. The van der Waals surface area contributed by atoms with E-state index >= 15 is 0 Å². The van der Waals surface area contributed by atoms with Crippen LogP contribution in [0.15, 0.2) is 17.5 Å². The van der Waals surface area contributed by atoms with Crippen molar-refractivity contribution in [2.45, 2.75) is 19.9 Å². The standard InChI is InChI=1S/C13H14N4O4S2/c1-2-9-11(23-17-16-9)12(19)21-7-10(18)15-13(20)14-6-8-4-3-5-22-8/h3-5H,2,6-7H2,1H3,(H2,14,15,18,20). The molecule has 10 heteroatoms. The Morgan fingerprint density at radius 3 is 2.87 bits per heavy atom. The number of aromatic nitrogens is 2. The third kappa shape index (κ3) is 5.11. The van der Waals surface area contributed by atoms with E-state index < -0.39 is 24.5 Å². The van der Waals surface area contributed by atoms with Crippen LogP contribution in [0.4, 0.5) is 4.79 Å². The zero-order valence-corrected chi connectivity index (χ0v) is 13.8. The van der Waals surface area contributed by atoms with Gasteiger partial charge in [-0.1, -0.05) is 17.5 Å². The Labute approximate surface area is 140 Å². The van der Waals surface area contributed by atoms with Gasteiger partial charge in [-0.25, -0.2) is 9.59 Å². The van der Waals surface area contributed by atoms with Gasteiger partial charge < -0.3 is 10.1 Å². The van der Waals surface area contributed by atoms with E-state index in [1.807, 2.05) is 24.4 Å². The zero-order chi connectivity index (χ0) is 16.7. The number of carbonyl (C=O) groups excluding carboxylic acids is 3. The molecule has 2 aromatic rings. The SMILES string of the molecule is CCc1nnsc1C(=O)OCC(=O)NC(=O)NCc1cccs1. The third-order valence-corrected chi connectivity index (χ3v) is 4.29. The molecular formula is C13H14N4O4S2. The van der Waals surface area contributed by atoms with Crippen molar-refractivity contribution < 1.29 is 19.1 Å². The van der Waals surface area contributed by atoms with Crippen molar-refractivity contribution >= 4 is 40.8 Å². The molecule has 0 aromatic carbocycles. The number of thiophene rings is 1. The largest absolute Gasteiger partial charge is 0.451 e. The molecule has 23 heavy (non-hydrogen) atoms. The van der Waals surface area contributed by atoms with Crippen molar-refractivity contribution in [1.29, 1.82) is 0 Å². The monoisotopic (exact) mass is 354 g/mol. The predicted octanol–water partition coefficient (Wildman–Crippen LogP) is 1.34. The summed E-state index contributed by atoms with van der Waals surface area (Å²) in [5, 5.41) is 10.3. The number of esters is 1. The number of amides is 3. The summed E-state index contributed by atoms with van der Waals surface area (Å²) in [6, 6.07) is 3.08. The Morgan fingerprint density at radius 2 is 2.17 bits per heavy atom. The Bertz CT molecular complexity index is 684. The van der Waals surface area contributed by atoms with E-state index in [2.05, 4.69) is 20.2 Å². The fourth-order valence-corrected chi connectivity index (χ4v) is 2.87. The van der Waals surface area contributed by atoms with Crippen LogP contribution in [0.2, 0.25) is 0 Å². The predicted molar refractivity (Wildman–Crippen MR) is 84.3 cm³/mol. The molecule has 0 atom stereocenters. The molecule has 0 aliphatic carbocycles. The maximum atomic E-state index is 11.8. The van der Waals surface area contributed by atoms with Crippen molar-refractivity contribution in [3.05, 3.63) is 33.0 Å². The quantitative estimate of drug-likeness (QED) is 0.758. The lowest BCUT2D eigenvalue weighted by molar-refractivity contribution is -0.123. The molecule has 8 nitrogen and oxygen atoms in total. The molecule has 0 bridgehead atoms. The molecule has 2 aromatic heterocycles. The lowest BCUT2D eigenvalue weighted by Crippen LogP contribution is -2.41. The first-order chi connectivity index (χ1) is 11.1. The highest BCUT2D eigenvalue weighted by Gasteiger charge is 2.18. The Morgan fingerprint density at radius 1 is 1.35 bits per heavy atom. The van der Waals surface area contributed by atoms with Gasteiger partial charge in [0.1, 0.15) is 0 Å². The van der Waals surface area contributed by atoms with Crippen LogP contribution in [-0.4, -0.2) is 34.1 Å². The highest BCUT2D eigenvalue weighted by molar-refractivity contribution is 7.09. The Hall–Kier alpha value is -2.33. The number of imide groups is 1. The molecule has 2 rings (SSSR count). The number of rotatable bonds is 6. The Kier molecular flexibility index (Phi) is 6.18. The van der Waals surface area contributed by atoms with E-state index in [4.69, 9.17) is 4.74 Å². The normalized spacial score (nSPS) is 10.1. The number of aryl methyl sites for hydroxylation is 1. The topological polar surface area (TPSA) is 110 Å². The van der Waals surface area contributed by atoms with Crippen molar-refractivity contribution in [2.24, 2.45) is 0 Å². The summed E-state index contributed by atoms with van der Waals surface area (Å²) in [5.41, 5.74) is 0.522. The molecule has 0 fully saturated rings. The van der Waals surface area contributed by atoms with Crippen molar-refractivity contribution in [2.75, 3.05) is 6.61 Å². The van der Waals surface area contributed by atoms with E-state index in [1.165, 1.54) is 11.3 Å². The number of nitrogens with one attached hydrogen (secondary N) is 2. The fraction of sp³-hybridized carbons (Fsp3) is 0.308. The second-order valence-electron chi connectivity index (χ2n) is 4.29. The summed E-state index contributed by atoms with van der Waals surface area (Å²) in [7, 11) is 0. The number of carbonyl (C=O) groups is 3. The second-order valence-corrected chi connectivity index (χ2v) is 6.08. The molecule has 0 aliphatic heterocycles. The number of ether oxygens (including phenoxy) is 1. The molecule has 0 saturated heterocycles. The summed E-state index contributed by atoms with van der Waals surface area (Å²) < 4.78 is 8.51. The minimum absolute atomic E-state index is 0.266. The van der Waals surface area contributed by atoms with Gasteiger partial charge in [0.25, 0.3) is 5.91 Å². The summed E-state index contributed by atoms with van der Waals surface area (Å²) in [6.07, 6.45) is 0.540. The number of hydrogen-bond donors (Lipinski definition) is 2. The average molecular weight is 354 g/mol. The van der Waals surface area contributed by atoms with E-state index in [1.54, 1.807) is 0 Å². The minimum atomic E-state index is -0.711. The van der Waals surface area contributed by atoms with Gasteiger partial charge >= 0.3 is 12.0 Å². The maximum Gasteiger partial charge on any atom is 0.352 e. The first-order valence-corrected chi connectivity index (χ1v) is 8.34. The van der Waals surface area contributed by atoms with Gasteiger partial charge in [0.15, 0.2) is 11.5 Å². The molecule has 0 radical (unpaired) electrons. The van der Waals surface area contributed by atoms with E-state index in [0.717, 1.165) is 16.4 Å². The highest BCUT2D eigenvalue weighted by atomic mass is 32.1. The maximum absolute atomic E-state index is 11.8. The van der Waals surface area contributed by atoms with Crippen molar-refractivity contribution in [3.8, 4) is 0 Å². The van der Waals surface area contributed by atoms with Gasteiger partial charge in [-0.2, -0.15) is 0 Å². The second kappa shape index (κ2) is 8.34. The minimum Gasteiger partial charge on any atom is -0.451 e. The van der Waals surface area contributed by atoms with Gasteiger partial charge in [0.05, 0.1) is 12.2 Å². The Balaban J connectivity index is 1.72. The van der Waals surface area contributed by atoms with E-state index in [9.17, 15) is 14.4 Å². The zero-order valence-electron chi connectivity index (χ0n) is 12.2. The lowest BCUT2D eigenvalue weighted by atomic mass is 10.3. The molecule has 0 spiro atoms. The van der Waals surface area contributed by atoms with Crippen LogP contribution in [0.5, 0.6) is 0 Å². The average Bonchev–Trinajstić information content (AvgIpc) is 3.21. The number of nitrogens with zero attached hydrogens (tertiary/aromatic N) is 2. The first kappa shape index (κ1) is 17.0. The highest BCUT2D eigenvalue weighted by Crippen LogP contribution is 2.12. The van der Waals surface area contributed by atoms with Crippen molar-refractivity contribution in [3.63, 3.8) is 0 Å². The smallest absolute Gasteiger partial charge is 0.352 e. The van der Waals surface area contributed by atoms with Gasteiger partial charge in [-0.3, -0.25) is 10.1 Å². The van der Waals surface area contributed by atoms with Crippen LogP contribution >= 0.6 is 22.9 Å². The van der Waals surface area contributed by atoms with Crippen LogP contribution in [0, 0.1) is 0 Å². The van der Waals surface area contributed by atoms with Crippen LogP contribution in [0.3, 0.4) is 0 Å². The summed E-state index contributed by atoms with van der Waals surface area (Å²) in [6.45, 7) is 1.60. The summed E-state index contributed by atoms with van der Waals surface area (Å²) in [4.78, 5) is 36.1. The third-order valence-electron chi connectivity index (χ3n) is 2.67. The fourth-order valence-electron chi connectivity index (χ4n) is 1.58. The summed E-state index contributed by atoms with van der Waals surface area (Å²) in [5.74, 6) is -1.39. The van der Waals surface area contributed by atoms with E-state index in [-0.39, 0.29) is 4.88 Å². The number of urea groups is 1. The van der Waals surface area contributed by atoms with Crippen LogP contribution < -0.4 is 10.6 Å². The molecule has 0 unspecified atom stereocenters. The molecular weight excluding hydrogens is 340 g/mol. The van der Waals surface area contributed by atoms with Crippen LogP contribution in [0.1, 0.15) is 27.2 Å². The molecule has 0 aliphatic rings.